The molecule has 0 aliphatic carbocycles. The number of rotatable bonds is 7. The predicted octanol–water partition coefficient (Wildman–Crippen LogP) is 5.42. The molecule has 2 aromatic carbocycles. The Balaban J connectivity index is 1.64. The van der Waals surface area contributed by atoms with Gasteiger partial charge in [-0.25, -0.2) is 9.79 Å². The van der Waals surface area contributed by atoms with Crippen LogP contribution >= 0.6 is 27.3 Å². The lowest BCUT2D eigenvalue weighted by Gasteiger charge is -2.26. The van der Waals surface area contributed by atoms with E-state index in [1.54, 1.807) is 58.2 Å². The van der Waals surface area contributed by atoms with Crippen molar-refractivity contribution in [2.75, 3.05) is 7.11 Å². The number of Topliss-reactive ketones (excluding diaryl/α,β-unsaturated/α-hetero) is 1. The Hall–Kier alpha value is -4.02. The molecule has 3 heterocycles. The Morgan fingerprint density at radius 1 is 1.12 bits per heavy atom. The highest BCUT2D eigenvalue weighted by molar-refractivity contribution is 9.10. The number of carbonyl (C=O) groups is 2. The van der Waals surface area contributed by atoms with Crippen molar-refractivity contribution in [1.82, 2.24) is 4.57 Å². The van der Waals surface area contributed by atoms with Crippen LogP contribution in [0.15, 0.2) is 84.5 Å². The van der Waals surface area contributed by atoms with Crippen molar-refractivity contribution < 1.29 is 23.5 Å². The molecular weight excluding hydrogens is 608 g/mol. The molecule has 41 heavy (non-hydrogen) atoms. The summed E-state index contributed by atoms with van der Waals surface area (Å²) < 4.78 is 19.9. The van der Waals surface area contributed by atoms with Crippen molar-refractivity contribution in [3.63, 3.8) is 0 Å². The molecule has 0 unspecified atom stereocenters. The number of aromatic nitrogens is 1. The number of hydrogen-bond acceptors (Lipinski definition) is 8. The number of furan rings is 1. The molecule has 0 spiro atoms. The number of allylic oxidation sites excluding steroid dienone is 1. The number of benzene rings is 2. The molecular formula is C31H27BrN2O6S. The van der Waals surface area contributed by atoms with Crippen LogP contribution in [0.1, 0.15) is 55.4 Å². The molecule has 1 aliphatic heterocycles. The zero-order chi connectivity index (χ0) is 29.4. The Morgan fingerprint density at radius 3 is 2.51 bits per heavy atom. The second kappa shape index (κ2) is 11.5. The van der Waals surface area contributed by atoms with Crippen molar-refractivity contribution in [2.45, 2.75) is 39.8 Å². The fourth-order valence-corrected chi connectivity index (χ4v) is 6.06. The summed E-state index contributed by atoms with van der Waals surface area (Å²) in [5, 5.41) is 0. The van der Waals surface area contributed by atoms with Gasteiger partial charge in [0.05, 0.1) is 29.0 Å². The van der Waals surface area contributed by atoms with E-state index in [0.29, 0.717) is 43.4 Å². The first-order chi connectivity index (χ1) is 19.6. The molecule has 210 valence electrons. The SMILES string of the molecule is COc1ccc(Br)cc1[C@H]1C(C(=O)OC(C)C)=C(C)N=c2s/c(=C\c3ccc(-c4ccc(C(C)=O)cc4)o3)c(=O)n21. The van der Waals surface area contributed by atoms with Crippen molar-refractivity contribution in [2.24, 2.45) is 4.99 Å². The molecule has 4 aromatic rings. The summed E-state index contributed by atoms with van der Waals surface area (Å²) in [6.07, 6.45) is 1.31. The average molecular weight is 636 g/mol. The van der Waals surface area contributed by atoms with E-state index in [1.807, 2.05) is 30.3 Å². The minimum absolute atomic E-state index is 0.0123. The maximum atomic E-state index is 13.9. The highest BCUT2D eigenvalue weighted by Gasteiger charge is 2.35. The van der Waals surface area contributed by atoms with Crippen LogP contribution in [0.25, 0.3) is 17.4 Å². The third-order valence-electron chi connectivity index (χ3n) is 6.55. The number of halogens is 1. The third kappa shape index (κ3) is 5.62. The molecule has 0 radical (unpaired) electrons. The minimum atomic E-state index is -0.820. The topological polar surface area (TPSA) is 100 Å². The van der Waals surface area contributed by atoms with Crippen molar-refractivity contribution in [3.8, 4) is 17.1 Å². The average Bonchev–Trinajstić information content (AvgIpc) is 3.51. The van der Waals surface area contributed by atoms with Crippen LogP contribution in [-0.4, -0.2) is 29.5 Å². The number of thiazole rings is 1. The first-order valence-electron chi connectivity index (χ1n) is 12.9. The van der Waals surface area contributed by atoms with Gasteiger partial charge >= 0.3 is 5.97 Å². The maximum absolute atomic E-state index is 13.9. The third-order valence-corrected chi connectivity index (χ3v) is 8.02. The number of hydrogen-bond donors (Lipinski definition) is 0. The first kappa shape index (κ1) is 28.5. The van der Waals surface area contributed by atoms with Gasteiger partial charge in [0.15, 0.2) is 10.6 Å². The highest BCUT2D eigenvalue weighted by atomic mass is 79.9. The molecule has 8 nitrogen and oxygen atoms in total. The number of methoxy groups -OCH3 is 1. The fraction of sp³-hybridized carbons (Fsp3) is 0.226. The monoisotopic (exact) mass is 634 g/mol. The summed E-state index contributed by atoms with van der Waals surface area (Å²) in [6.45, 7) is 6.80. The summed E-state index contributed by atoms with van der Waals surface area (Å²) >= 11 is 4.72. The molecule has 0 N–H and O–H groups in total. The smallest absolute Gasteiger partial charge is 0.338 e. The number of esters is 1. The molecule has 0 bridgehead atoms. The van der Waals surface area contributed by atoms with Crippen molar-refractivity contribution in [3.05, 3.63) is 107 Å². The second-order valence-corrected chi connectivity index (χ2v) is 11.7. The summed E-state index contributed by atoms with van der Waals surface area (Å²) in [5.41, 5.74) is 2.45. The van der Waals surface area contributed by atoms with Gasteiger partial charge in [0.1, 0.15) is 23.3 Å². The Bertz CT molecular complexity index is 1880. The number of ether oxygens (including phenoxy) is 2. The molecule has 0 fully saturated rings. The summed E-state index contributed by atoms with van der Waals surface area (Å²) in [6, 6.07) is 15.3. The van der Waals surface area contributed by atoms with Gasteiger partial charge in [-0.05, 0) is 58.0 Å². The van der Waals surface area contributed by atoms with Crippen LogP contribution < -0.4 is 19.6 Å². The zero-order valence-corrected chi connectivity index (χ0v) is 25.5. The molecule has 5 rings (SSSR count). The molecule has 1 atom stereocenters. The maximum Gasteiger partial charge on any atom is 0.338 e. The molecule has 0 saturated carbocycles. The van der Waals surface area contributed by atoms with Gasteiger partial charge in [-0.15, -0.1) is 0 Å². The lowest BCUT2D eigenvalue weighted by Crippen LogP contribution is -2.40. The number of ketones is 1. The van der Waals surface area contributed by atoms with Crippen LogP contribution in [0.4, 0.5) is 0 Å². The quantitative estimate of drug-likeness (QED) is 0.199. The van der Waals surface area contributed by atoms with E-state index in [1.165, 1.54) is 22.8 Å². The second-order valence-electron chi connectivity index (χ2n) is 9.76. The summed E-state index contributed by atoms with van der Waals surface area (Å²) in [7, 11) is 1.54. The Morgan fingerprint density at radius 2 is 1.85 bits per heavy atom. The van der Waals surface area contributed by atoms with E-state index in [0.717, 1.165) is 10.0 Å². The van der Waals surface area contributed by atoms with Gasteiger partial charge in [0.2, 0.25) is 0 Å². The van der Waals surface area contributed by atoms with Crippen LogP contribution in [0.3, 0.4) is 0 Å². The summed E-state index contributed by atoms with van der Waals surface area (Å²) in [4.78, 5) is 44.0. The lowest BCUT2D eigenvalue weighted by molar-refractivity contribution is -0.143. The van der Waals surface area contributed by atoms with E-state index in [-0.39, 0.29) is 23.0 Å². The fourth-order valence-electron chi connectivity index (χ4n) is 4.66. The molecule has 1 aliphatic rings. The summed E-state index contributed by atoms with van der Waals surface area (Å²) in [5.74, 6) is 1.04. The Labute approximate surface area is 248 Å². The molecule has 10 heteroatoms. The standard InChI is InChI=1S/C31H27BrN2O6S/c1-16(2)39-30(37)27-17(3)33-31-34(28(27)23-14-21(32)10-12-25(23)38-5)29(36)26(41-31)15-22-11-13-24(40-22)20-8-6-19(7-9-20)18(4)35/h6-16,28H,1-5H3/b26-15-/t28-/m0/s1. The largest absolute Gasteiger partial charge is 0.496 e. The van der Waals surface area contributed by atoms with Crippen LogP contribution in [0, 0.1) is 0 Å². The van der Waals surface area contributed by atoms with Crippen LogP contribution in [0.2, 0.25) is 0 Å². The molecule has 2 aromatic heterocycles. The van der Waals surface area contributed by atoms with Gasteiger partial charge in [-0.1, -0.05) is 51.5 Å². The van der Waals surface area contributed by atoms with Crippen molar-refractivity contribution in [1.29, 1.82) is 0 Å². The highest BCUT2D eigenvalue weighted by Crippen LogP contribution is 2.37. The molecule has 0 amide bonds. The van der Waals surface area contributed by atoms with E-state index in [2.05, 4.69) is 20.9 Å². The van der Waals surface area contributed by atoms with Gasteiger partial charge in [-0.3, -0.25) is 14.2 Å². The predicted molar refractivity (Wildman–Crippen MR) is 160 cm³/mol. The Kier molecular flexibility index (Phi) is 7.97. The van der Waals surface area contributed by atoms with Crippen molar-refractivity contribution >= 4 is 45.1 Å². The van der Waals surface area contributed by atoms with E-state index >= 15 is 0 Å². The number of nitrogens with zero attached hydrogens (tertiary/aromatic N) is 2. The van der Waals surface area contributed by atoms with Gasteiger partial charge < -0.3 is 13.9 Å². The zero-order valence-electron chi connectivity index (χ0n) is 23.1. The van der Waals surface area contributed by atoms with Gasteiger partial charge in [0.25, 0.3) is 5.56 Å². The normalized spacial score (nSPS) is 15.1. The minimum Gasteiger partial charge on any atom is -0.496 e. The van der Waals surface area contributed by atoms with E-state index < -0.39 is 12.0 Å². The number of fused-ring (bicyclic) bond motifs is 1. The van der Waals surface area contributed by atoms with Crippen LogP contribution in [-0.2, 0) is 9.53 Å². The van der Waals surface area contributed by atoms with Gasteiger partial charge in [-0.2, -0.15) is 0 Å². The van der Waals surface area contributed by atoms with Crippen LogP contribution in [0.5, 0.6) is 5.75 Å². The lowest BCUT2D eigenvalue weighted by atomic mass is 9.95. The number of carbonyl (C=O) groups excluding carboxylic acids is 2. The van der Waals surface area contributed by atoms with Gasteiger partial charge in [0, 0.05) is 27.2 Å². The molecule has 0 saturated heterocycles. The van der Waals surface area contributed by atoms with E-state index in [4.69, 9.17) is 13.9 Å². The van der Waals surface area contributed by atoms with E-state index in [9.17, 15) is 14.4 Å². The first-order valence-corrected chi connectivity index (χ1v) is 14.5.